The van der Waals surface area contributed by atoms with E-state index in [1.54, 1.807) is 12.0 Å². The molecule has 0 saturated heterocycles. The number of hydrogen-bond donors (Lipinski definition) is 1. The average molecular weight is 400 g/mol. The first-order valence-corrected chi connectivity index (χ1v) is 10.2. The number of methoxy groups -OCH3 is 1. The van der Waals surface area contributed by atoms with Crippen molar-refractivity contribution in [1.82, 2.24) is 0 Å². The van der Waals surface area contributed by atoms with Crippen LogP contribution in [0.15, 0.2) is 57.9 Å². The van der Waals surface area contributed by atoms with Crippen LogP contribution in [0.4, 0.5) is 0 Å². The molecule has 0 saturated carbocycles. The van der Waals surface area contributed by atoms with Crippen LogP contribution in [0.25, 0.3) is 22.3 Å². The number of fused-ring (bicyclic) bond motifs is 1. The fraction of sp³-hybridized carbons (Fsp3) is 0.348. The maximum absolute atomic E-state index is 6.22. The Labute approximate surface area is 171 Å². The van der Waals surface area contributed by atoms with E-state index in [0.29, 0.717) is 5.02 Å². The maximum atomic E-state index is 6.22. The van der Waals surface area contributed by atoms with Crippen LogP contribution >= 0.6 is 11.6 Å². The van der Waals surface area contributed by atoms with E-state index < -0.39 is 0 Å². The topological polar surface area (TPSA) is 39.2 Å². The summed E-state index contributed by atoms with van der Waals surface area (Å²) < 4.78 is 11.4. The largest absolute Gasteiger partial charge is 0.497 e. The highest BCUT2D eigenvalue weighted by atomic mass is 35.5. The van der Waals surface area contributed by atoms with Crippen molar-refractivity contribution < 1.29 is 14.1 Å². The van der Waals surface area contributed by atoms with Gasteiger partial charge in [-0.15, -0.1) is 0 Å². The lowest BCUT2D eigenvalue weighted by Crippen LogP contribution is -3.11. The minimum atomic E-state index is 0.684. The minimum absolute atomic E-state index is 0.684. The molecule has 0 spiro atoms. The Balaban J connectivity index is 1.96. The molecule has 0 atom stereocenters. The van der Waals surface area contributed by atoms with Gasteiger partial charge in [0.05, 0.1) is 32.1 Å². The molecule has 5 heteroatoms. The number of halogens is 1. The number of benzene rings is 2. The second-order valence-corrected chi connectivity index (χ2v) is 7.24. The van der Waals surface area contributed by atoms with Gasteiger partial charge in [-0.2, -0.15) is 0 Å². The molecule has 28 heavy (non-hydrogen) atoms. The molecule has 0 aliphatic rings. The third-order valence-electron chi connectivity index (χ3n) is 5.05. The second-order valence-electron chi connectivity index (χ2n) is 6.81. The molecule has 0 amide bonds. The summed E-state index contributed by atoms with van der Waals surface area (Å²) in [6.07, 6.45) is 1.06. The summed E-state index contributed by atoms with van der Waals surface area (Å²) in [7, 11) is 1.66. The van der Waals surface area contributed by atoms with Gasteiger partial charge in [0.15, 0.2) is 0 Å². The number of quaternary nitrogens is 1. The van der Waals surface area contributed by atoms with Crippen molar-refractivity contribution in [2.45, 2.75) is 20.3 Å². The zero-order valence-electron chi connectivity index (χ0n) is 16.8. The summed E-state index contributed by atoms with van der Waals surface area (Å²) in [5.74, 6) is 1.60. The van der Waals surface area contributed by atoms with E-state index in [0.717, 1.165) is 66.0 Å². The second kappa shape index (κ2) is 9.76. The summed E-state index contributed by atoms with van der Waals surface area (Å²) in [6.45, 7) is 8.69. The number of ether oxygens (including phenoxy) is 1. The average Bonchev–Trinajstić information content (AvgIpc) is 2.74. The summed E-state index contributed by atoms with van der Waals surface area (Å²) in [4.78, 5) is 6.48. The summed E-state index contributed by atoms with van der Waals surface area (Å²) in [6, 6.07) is 15.5. The highest BCUT2D eigenvalue weighted by Crippen LogP contribution is 2.25. The lowest BCUT2D eigenvalue weighted by atomic mass is 10.1. The van der Waals surface area contributed by atoms with E-state index in [4.69, 9.17) is 25.7 Å². The van der Waals surface area contributed by atoms with Crippen LogP contribution in [0, 0.1) is 0 Å². The molecule has 0 unspecified atom stereocenters. The first kappa shape index (κ1) is 20.4. The molecular weight excluding hydrogens is 372 g/mol. The van der Waals surface area contributed by atoms with E-state index in [2.05, 4.69) is 13.8 Å². The summed E-state index contributed by atoms with van der Waals surface area (Å²) in [5, 5.41) is 2.55. The molecular formula is C23H28ClN2O2+. The Morgan fingerprint density at radius 3 is 2.46 bits per heavy atom. The highest BCUT2D eigenvalue weighted by Gasteiger charge is 2.07. The van der Waals surface area contributed by atoms with Gasteiger partial charge in [0.2, 0.25) is 0 Å². The molecule has 148 valence electrons. The van der Waals surface area contributed by atoms with Crippen molar-refractivity contribution in [3.05, 3.63) is 58.9 Å². The zero-order valence-corrected chi connectivity index (χ0v) is 17.6. The molecule has 3 rings (SSSR count). The Kier molecular flexibility index (Phi) is 7.12. The molecule has 0 fully saturated rings. The fourth-order valence-electron chi connectivity index (χ4n) is 3.30. The van der Waals surface area contributed by atoms with E-state index in [9.17, 15) is 0 Å². The maximum Gasteiger partial charge on any atom is 0.136 e. The highest BCUT2D eigenvalue weighted by molar-refractivity contribution is 6.31. The van der Waals surface area contributed by atoms with Crippen LogP contribution in [-0.2, 0) is 0 Å². The SMILES string of the molecule is CC[NH+](CC)CCCN=c1cc(-c2ccc(OC)cc2)oc2ccc(Cl)cc12. The van der Waals surface area contributed by atoms with Crippen LogP contribution in [0.2, 0.25) is 5.02 Å². The number of nitrogens with one attached hydrogen (secondary N) is 1. The van der Waals surface area contributed by atoms with Crippen molar-refractivity contribution in [1.29, 1.82) is 0 Å². The van der Waals surface area contributed by atoms with Gasteiger partial charge in [-0.3, -0.25) is 4.99 Å². The van der Waals surface area contributed by atoms with Crippen LogP contribution in [0.3, 0.4) is 0 Å². The molecule has 0 aliphatic carbocycles. The lowest BCUT2D eigenvalue weighted by Gasteiger charge is -2.14. The molecule has 2 aromatic carbocycles. The van der Waals surface area contributed by atoms with E-state index in [1.165, 1.54) is 0 Å². The smallest absolute Gasteiger partial charge is 0.136 e. The van der Waals surface area contributed by atoms with Crippen molar-refractivity contribution in [2.75, 3.05) is 33.3 Å². The van der Waals surface area contributed by atoms with Gasteiger partial charge in [0.25, 0.3) is 0 Å². The van der Waals surface area contributed by atoms with Gasteiger partial charge in [-0.25, -0.2) is 0 Å². The lowest BCUT2D eigenvalue weighted by molar-refractivity contribution is -0.896. The quantitative estimate of drug-likeness (QED) is 0.582. The van der Waals surface area contributed by atoms with Crippen LogP contribution in [0.5, 0.6) is 5.75 Å². The van der Waals surface area contributed by atoms with Crippen molar-refractivity contribution in [3.63, 3.8) is 0 Å². The Bertz CT molecular complexity index is 976. The number of nitrogens with zero attached hydrogens (tertiary/aromatic N) is 1. The van der Waals surface area contributed by atoms with Crippen LogP contribution in [-0.4, -0.2) is 33.3 Å². The third-order valence-corrected chi connectivity index (χ3v) is 5.29. The van der Waals surface area contributed by atoms with Gasteiger partial charge in [-0.1, -0.05) is 11.6 Å². The van der Waals surface area contributed by atoms with E-state index in [-0.39, 0.29) is 0 Å². The van der Waals surface area contributed by atoms with Gasteiger partial charge in [0, 0.05) is 35.0 Å². The Hall–Kier alpha value is -2.30. The van der Waals surface area contributed by atoms with Crippen molar-refractivity contribution in [3.8, 4) is 17.1 Å². The first-order chi connectivity index (χ1) is 13.6. The molecule has 1 heterocycles. The molecule has 4 nitrogen and oxygen atoms in total. The normalized spacial score (nSPS) is 12.1. The van der Waals surface area contributed by atoms with Gasteiger partial charge >= 0.3 is 0 Å². The monoisotopic (exact) mass is 399 g/mol. The number of hydrogen-bond acceptors (Lipinski definition) is 3. The first-order valence-electron chi connectivity index (χ1n) is 9.86. The van der Waals surface area contributed by atoms with Gasteiger partial charge in [-0.05, 0) is 56.3 Å². The molecule has 0 radical (unpaired) electrons. The van der Waals surface area contributed by atoms with Gasteiger partial charge in [0.1, 0.15) is 17.1 Å². The standard InChI is InChI=1S/C23H27ClN2O2/c1-4-26(5-2)14-6-13-25-21-16-23(17-7-10-19(27-3)11-8-17)28-22-12-9-18(24)15-20(21)22/h7-12,15-16H,4-6,13-14H2,1-3H3/p+1. The van der Waals surface area contributed by atoms with Gasteiger partial charge < -0.3 is 14.1 Å². The van der Waals surface area contributed by atoms with E-state index >= 15 is 0 Å². The van der Waals surface area contributed by atoms with Crippen LogP contribution < -0.4 is 15.0 Å². The van der Waals surface area contributed by atoms with Crippen LogP contribution in [0.1, 0.15) is 20.3 Å². The fourth-order valence-corrected chi connectivity index (χ4v) is 3.47. The predicted molar refractivity (Wildman–Crippen MR) is 115 cm³/mol. The van der Waals surface area contributed by atoms with E-state index in [1.807, 2.05) is 48.5 Å². The Morgan fingerprint density at radius 1 is 1.04 bits per heavy atom. The molecule has 1 N–H and O–H groups in total. The molecule has 0 aliphatic heterocycles. The molecule has 1 aromatic heterocycles. The molecule has 0 bridgehead atoms. The minimum Gasteiger partial charge on any atom is -0.497 e. The molecule has 3 aromatic rings. The summed E-state index contributed by atoms with van der Waals surface area (Å²) in [5.41, 5.74) is 1.77. The van der Waals surface area contributed by atoms with Crippen molar-refractivity contribution >= 4 is 22.6 Å². The van der Waals surface area contributed by atoms with Crippen molar-refractivity contribution in [2.24, 2.45) is 4.99 Å². The number of rotatable bonds is 8. The third kappa shape index (κ3) is 4.94. The zero-order chi connectivity index (χ0) is 19.9. The predicted octanol–water partition coefficient (Wildman–Crippen LogP) is 3.98. The Morgan fingerprint density at radius 2 is 1.79 bits per heavy atom. The summed E-state index contributed by atoms with van der Waals surface area (Å²) >= 11 is 6.22.